The van der Waals surface area contributed by atoms with Crippen LogP contribution in [0.2, 0.25) is 0 Å². The smallest absolute Gasteiger partial charge is 0.759 e. The summed E-state index contributed by atoms with van der Waals surface area (Å²) in [5.41, 5.74) is 0. The van der Waals surface area contributed by atoms with Gasteiger partial charge in [0.25, 0.3) is 0 Å². The van der Waals surface area contributed by atoms with Crippen LogP contribution < -0.4 is 59.1 Å². The van der Waals surface area contributed by atoms with Gasteiger partial charge in [-0.1, -0.05) is 83.3 Å². The molecular weight excluding hydrogens is 454 g/mol. The monoisotopic (exact) mass is 498 g/mol. The minimum absolute atomic E-state index is 0. The van der Waals surface area contributed by atoms with E-state index in [9.17, 15) is 5.11 Å². The molecule has 0 aromatic heterocycles. The second-order valence-electron chi connectivity index (χ2n) is 7.59. The molecular formula is C22H44Na2O7S. The fraction of sp³-hybridized carbons (Fsp3) is 0.909. The Hall–Kier alpha value is 1.49. The van der Waals surface area contributed by atoms with Crippen molar-refractivity contribution in [3.8, 4) is 0 Å². The largest absolute Gasteiger partial charge is 1.00 e. The van der Waals surface area contributed by atoms with E-state index in [-0.39, 0.29) is 71.8 Å². The van der Waals surface area contributed by atoms with Crippen LogP contribution in [0.25, 0.3) is 0 Å². The Morgan fingerprint density at radius 3 is 1.66 bits per heavy atom. The van der Waals surface area contributed by atoms with E-state index in [0.717, 1.165) is 12.8 Å². The normalized spacial score (nSPS) is 11.9. The van der Waals surface area contributed by atoms with Crippen LogP contribution in [0.4, 0.5) is 0 Å². The third-order valence-corrected chi connectivity index (χ3v) is 4.60. The number of hydrogen-bond donors (Lipinski definition) is 2. The first kappa shape index (κ1) is 40.7. The Kier molecular flexibility index (Phi) is 41.3. The third kappa shape index (κ3) is 48.8. The van der Waals surface area contributed by atoms with Crippen LogP contribution in [0, 0.1) is 0 Å². The Morgan fingerprint density at radius 2 is 1.22 bits per heavy atom. The fourth-order valence-electron chi connectivity index (χ4n) is 2.99. The van der Waals surface area contributed by atoms with Crippen LogP contribution in [0.15, 0.2) is 12.2 Å². The molecule has 32 heavy (non-hydrogen) atoms. The van der Waals surface area contributed by atoms with E-state index in [0.29, 0.717) is 13.2 Å². The summed E-state index contributed by atoms with van der Waals surface area (Å²) in [4.78, 5) is 0. The van der Waals surface area contributed by atoms with Crippen molar-refractivity contribution in [1.82, 2.24) is 0 Å². The number of ether oxygens (including phenoxy) is 1. The summed E-state index contributed by atoms with van der Waals surface area (Å²) in [7, 11) is -5.17. The van der Waals surface area contributed by atoms with Gasteiger partial charge in [-0.15, -0.1) is 0 Å². The number of allylic oxidation sites excluding steroid dienone is 2. The molecule has 0 aliphatic rings. The molecule has 2 N–H and O–H groups in total. The van der Waals surface area contributed by atoms with Crippen LogP contribution in [-0.2, 0) is 15.1 Å². The summed E-state index contributed by atoms with van der Waals surface area (Å²) >= 11 is 0. The molecule has 10 heteroatoms. The molecule has 0 saturated carbocycles. The van der Waals surface area contributed by atoms with E-state index >= 15 is 0 Å². The molecule has 0 amide bonds. The molecule has 0 aliphatic heterocycles. The van der Waals surface area contributed by atoms with Crippen molar-refractivity contribution in [1.29, 1.82) is 0 Å². The second kappa shape index (κ2) is 32.5. The van der Waals surface area contributed by atoms with Crippen molar-refractivity contribution in [2.75, 3.05) is 19.8 Å². The maximum atomic E-state index is 9.68. The van der Waals surface area contributed by atoms with Gasteiger partial charge in [0.2, 0.25) is 0 Å². The van der Waals surface area contributed by atoms with Crippen LogP contribution in [0.5, 0.6) is 0 Å². The summed E-state index contributed by atoms with van der Waals surface area (Å²) in [6.45, 7) is 2.97. The van der Waals surface area contributed by atoms with Crippen molar-refractivity contribution >= 4 is 10.4 Å². The van der Waals surface area contributed by atoms with Crippen molar-refractivity contribution in [3.05, 3.63) is 12.2 Å². The Bertz CT molecular complexity index is 455. The topological polar surface area (TPSA) is 130 Å². The predicted octanol–water partition coefficient (Wildman–Crippen LogP) is -1.55. The molecule has 0 spiro atoms. The molecule has 182 valence electrons. The van der Waals surface area contributed by atoms with Gasteiger partial charge in [-0.2, -0.15) is 0 Å². The summed E-state index contributed by atoms with van der Waals surface area (Å²) in [5.74, 6) is 0. The summed E-state index contributed by atoms with van der Waals surface area (Å²) in [6, 6.07) is 0. The van der Waals surface area contributed by atoms with Crippen LogP contribution >= 0.6 is 0 Å². The van der Waals surface area contributed by atoms with Gasteiger partial charge in [0.15, 0.2) is 0 Å². The number of hydrogen-bond acceptors (Lipinski definition) is 7. The van der Waals surface area contributed by atoms with Crippen LogP contribution in [0.1, 0.15) is 103 Å². The molecule has 0 saturated heterocycles. The molecule has 0 aromatic carbocycles. The number of aliphatic hydroxyl groups is 2. The Balaban J connectivity index is -0.000000501. The molecule has 1 unspecified atom stereocenters. The molecule has 0 fully saturated rings. The zero-order valence-electron chi connectivity index (χ0n) is 20.8. The summed E-state index contributed by atoms with van der Waals surface area (Å²) in [6.07, 6.45) is 23.5. The van der Waals surface area contributed by atoms with Crippen LogP contribution in [0.3, 0.4) is 0 Å². The Morgan fingerprint density at radius 1 is 0.812 bits per heavy atom. The van der Waals surface area contributed by atoms with Crippen molar-refractivity contribution < 1.29 is 91.6 Å². The first-order valence-corrected chi connectivity index (χ1v) is 12.8. The second-order valence-corrected chi connectivity index (χ2v) is 8.40. The predicted molar refractivity (Wildman–Crippen MR) is 118 cm³/mol. The summed E-state index contributed by atoms with van der Waals surface area (Å²) < 4.78 is 39.2. The minimum Gasteiger partial charge on any atom is -0.759 e. The van der Waals surface area contributed by atoms with Gasteiger partial charge in [-0.05, 0) is 32.1 Å². The van der Waals surface area contributed by atoms with Gasteiger partial charge < -0.3 is 24.1 Å². The van der Waals surface area contributed by atoms with Gasteiger partial charge in [-0.3, -0.25) is 8.42 Å². The minimum atomic E-state index is -5.17. The van der Waals surface area contributed by atoms with E-state index in [4.69, 9.17) is 27.4 Å². The quantitative estimate of drug-likeness (QED) is 0.0684. The van der Waals surface area contributed by atoms with E-state index in [1.165, 1.54) is 83.5 Å². The summed E-state index contributed by atoms with van der Waals surface area (Å²) in [5, 5.41) is 18.3. The molecule has 7 nitrogen and oxygen atoms in total. The number of unbranched alkanes of at least 4 members (excludes halogenated alkanes) is 12. The average Bonchev–Trinajstić information content (AvgIpc) is 2.66. The zero-order valence-corrected chi connectivity index (χ0v) is 25.6. The van der Waals surface area contributed by atoms with E-state index in [1.807, 2.05) is 0 Å². The standard InChI is InChI=1S/C22H44O3.2Na.H2O4S/c1-2-3-4-5-6-7-8-9-10-11-12-13-14-15-16-17-18-22(24)21-25-20-19-23;;;1-5(2,3)4/h9-10,22-24H,2-8,11-21H2,1H3;;;(H2,1,2,3,4)/q;2*+1;/p-2/b10-9-;;;. The van der Waals surface area contributed by atoms with Crippen molar-refractivity contribution in [3.63, 3.8) is 0 Å². The maximum Gasteiger partial charge on any atom is 1.00 e. The third-order valence-electron chi connectivity index (χ3n) is 4.60. The van der Waals surface area contributed by atoms with Crippen LogP contribution in [-0.4, -0.2) is 53.7 Å². The molecule has 1 atom stereocenters. The molecule has 0 bridgehead atoms. The van der Waals surface area contributed by atoms with Gasteiger partial charge in [0.05, 0.1) is 25.9 Å². The maximum absolute atomic E-state index is 9.68. The van der Waals surface area contributed by atoms with E-state index in [1.54, 1.807) is 0 Å². The molecule has 0 heterocycles. The van der Waals surface area contributed by atoms with E-state index < -0.39 is 10.4 Å². The fourth-order valence-corrected chi connectivity index (χ4v) is 2.99. The van der Waals surface area contributed by atoms with Gasteiger partial charge >= 0.3 is 59.1 Å². The number of rotatable bonds is 20. The zero-order chi connectivity index (χ0) is 22.9. The average molecular weight is 499 g/mol. The Labute approximate surface area is 241 Å². The SMILES string of the molecule is CCCCCCCC/C=C\CCCCCCCCC(O)COCCO.O=S(=O)([O-])[O-].[Na+].[Na+]. The molecule has 0 radical (unpaired) electrons. The first-order chi connectivity index (χ1) is 14.3. The van der Waals surface area contributed by atoms with Crippen molar-refractivity contribution in [2.45, 2.75) is 109 Å². The van der Waals surface area contributed by atoms with Crippen molar-refractivity contribution in [2.24, 2.45) is 0 Å². The molecule has 0 aliphatic carbocycles. The molecule has 0 aromatic rings. The molecule has 0 rings (SSSR count). The van der Waals surface area contributed by atoms with Gasteiger partial charge in [0.1, 0.15) is 0 Å². The van der Waals surface area contributed by atoms with Gasteiger partial charge in [-0.25, -0.2) is 0 Å². The first-order valence-electron chi connectivity index (χ1n) is 11.5. The van der Waals surface area contributed by atoms with E-state index in [2.05, 4.69) is 19.1 Å². The number of aliphatic hydroxyl groups excluding tert-OH is 2. The van der Waals surface area contributed by atoms with Gasteiger partial charge in [0, 0.05) is 10.4 Å².